The predicted octanol–water partition coefficient (Wildman–Crippen LogP) is 1.45. The first-order valence-electron chi connectivity index (χ1n) is 6.71. The number of piperazine rings is 1. The van der Waals surface area contributed by atoms with Crippen LogP contribution in [0.3, 0.4) is 0 Å². The molecule has 0 aromatic heterocycles. The van der Waals surface area contributed by atoms with Gasteiger partial charge in [0.05, 0.1) is 0 Å². The minimum Gasteiger partial charge on any atom is -0.385 e. The molecule has 0 spiro atoms. The lowest BCUT2D eigenvalue weighted by molar-refractivity contribution is 0.232. The molecule has 0 radical (unpaired) electrons. The van der Waals surface area contributed by atoms with Gasteiger partial charge in [-0.25, -0.2) is 0 Å². The van der Waals surface area contributed by atoms with Crippen LogP contribution in [-0.2, 0) is 13.0 Å². The molecule has 17 heavy (non-hydrogen) atoms. The van der Waals surface area contributed by atoms with Crippen LogP contribution >= 0.6 is 0 Å². The molecule has 2 heterocycles. The monoisotopic (exact) mass is 231 g/mol. The third-order valence-electron chi connectivity index (χ3n) is 3.80. The molecule has 3 rings (SSSR count). The first-order valence-corrected chi connectivity index (χ1v) is 6.71. The number of rotatable bonds is 2. The molecule has 0 bridgehead atoms. The lowest BCUT2D eigenvalue weighted by Crippen LogP contribution is -2.43. The Kier molecular flexibility index (Phi) is 3.29. The Bertz CT molecular complexity index is 383. The molecule has 3 heteroatoms. The fourth-order valence-corrected chi connectivity index (χ4v) is 2.84. The molecular formula is C14H21N3. The van der Waals surface area contributed by atoms with Crippen molar-refractivity contribution in [1.82, 2.24) is 10.2 Å². The fourth-order valence-electron chi connectivity index (χ4n) is 2.84. The maximum Gasteiger partial charge on any atom is 0.0375 e. The van der Waals surface area contributed by atoms with Crippen molar-refractivity contribution in [3.8, 4) is 0 Å². The van der Waals surface area contributed by atoms with Crippen molar-refractivity contribution >= 4 is 5.69 Å². The average molecular weight is 231 g/mol. The number of hydrogen-bond donors (Lipinski definition) is 2. The van der Waals surface area contributed by atoms with Crippen LogP contribution in [0.15, 0.2) is 18.2 Å². The second-order valence-corrected chi connectivity index (χ2v) is 5.00. The van der Waals surface area contributed by atoms with Crippen LogP contribution in [0.2, 0.25) is 0 Å². The average Bonchev–Trinajstić information content (AvgIpc) is 2.40. The zero-order valence-electron chi connectivity index (χ0n) is 10.3. The zero-order valence-corrected chi connectivity index (χ0v) is 10.3. The lowest BCUT2D eigenvalue weighted by atomic mass is 9.97. The summed E-state index contributed by atoms with van der Waals surface area (Å²) < 4.78 is 0. The van der Waals surface area contributed by atoms with E-state index in [2.05, 4.69) is 33.7 Å². The van der Waals surface area contributed by atoms with Crippen LogP contribution in [-0.4, -0.2) is 37.6 Å². The van der Waals surface area contributed by atoms with Gasteiger partial charge in [-0.15, -0.1) is 0 Å². The Balaban J connectivity index is 1.77. The summed E-state index contributed by atoms with van der Waals surface area (Å²) in [6.07, 6.45) is 2.51. The highest BCUT2D eigenvalue weighted by Gasteiger charge is 2.15. The molecule has 2 aliphatic heterocycles. The molecule has 92 valence electrons. The van der Waals surface area contributed by atoms with E-state index in [0.717, 1.165) is 26.2 Å². The Morgan fingerprint density at radius 3 is 2.88 bits per heavy atom. The summed E-state index contributed by atoms with van der Waals surface area (Å²) in [5, 5.41) is 6.92. The SMILES string of the molecule is c1cc(CN2CCNCC2)c2c(c1)NCCC2. The molecule has 0 unspecified atom stereocenters. The van der Waals surface area contributed by atoms with Gasteiger partial charge in [0.25, 0.3) is 0 Å². The number of nitrogens with one attached hydrogen (secondary N) is 2. The second kappa shape index (κ2) is 5.07. The van der Waals surface area contributed by atoms with Crippen molar-refractivity contribution in [2.45, 2.75) is 19.4 Å². The van der Waals surface area contributed by atoms with Crippen molar-refractivity contribution in [2.75, 3.05) is 38.0 Å². The predicted molar refractivity (Wildman–Crippen MR) is 71.4 cm³/mol. The molecule has 0 atom stereocenters. The van der Waals surface area contributed by atoms with E-state index in [0.29, 0.717) is 0 Å². The molecule has 3 nitrogen and oxygen atoms in total. The molecular weight excluding hydrogens is 210 g/mol. The molecule has 0 saturated carbocycles. The maximum atomic E-state index is 3.51. The van der Waals surface area contributed by atoms with Gasteiger partial charge in [-0.3, -0.25) is 4.90 Å². The molecule has 0 amide bonds. The molecule has 0 aliphatic carbocycles. The van der Waals surface area contributed by atoms with Gasteiger partial charge in [0.1, 0.15) is 0 Å². The van der Waals surface area contributed by atoms with E-state index < -0.39 is 0 Å². The van der Waals surface area contributed by atoms with Crippen LogP contribution in [0, 0.1) is 0 Å². The van der Waals surface area contributed by atoms with E-state index in [-0.39, 0.29) is 0 Å². The van der Waals surface area contributed by atoms with Gasteiger partial charge in [0, 0.05) is 45.0 Å². The highest BCUT2D eigenvalue weighted by molar-refractivity contribution is 5.56. The van der Waals surface area contributed by atoms with Gasteiger partial charge in [-0.05, 0) is 30.0 Å². The first-order chi connectivity index (χ1) is 8.43. The summed E-state index contributed by atoms with van der Waals surface area (Å²) in [6, 6.07) is 6.71. The largest absolute Gasteiger partial charge is 0.385 e. The summed E-state index contributed by atoms with van der Waals surface area (Å²) in [4.78, 5) is 2.56. The Labute approximate surface area is 103 Å². The second-order valence-electron chi connectivity index (χ2n) is 5.00. The van der Waals surface area contributed by atoms with E-state index in [1.54, 1.807) is 5.56 Å². The Morgan fingerprint density at radius 1 is 1.12 bits per heavy atom. The van der Waals surface area contributed by atoms with E-state index in [1.807, 2.05) is 0 Å². The normalized spacial score (nSPS) is 20.7. The van der Waals surface area contributed by atoms with Crippen molar-refractivity contribution in [3.05, 3.63) is 29.3 Å². The van der Waals surface area contributed by atoms with Gasteiger partial charge in [-0.2, -0.15) is 0 Å². The third-order valence-corrected chi connectivity index (χ3v) is 3.80. The number of hydrogen-bond acceptors (Lipinski definition) is 3. The molecule has 1 saturated heterocycles. The minimum absolute atomic E-state index is 1.12. The van der Waals surface area contributed by atoms with Crippen LogP contribution in [0.25, 0.3) is 0 Å². The lowest BCUT2D eigenvalue weighted by Gasteiger charge is -2.29. The van der Waals surface area contributed by atoms with Crippen molar-refractivity contribution in [3.63, 3.8) is 0 Å². The zero-order chi connectivity index (χ0) is 11.5. The summed E-state index contributed by atoms with van der Waals surface area (Å²) in [5.74, 6) is 0. The van der Waals surface area contributed by atoms with E-state index in [1.165, 1.54) is 37.2 Å². The summed E-state index contributed by atoms with van der Waals surface area (Å²) in [6.45, 7) is 6.87. The van der Waals surface area contributed by atoms with Crippen LogP contribution < -0.4 is 10.6 Å². The number of benzene rings is 1. The standard InChI is InChI=1S/C14H21N3/c1-3-12(11-17-9-7-15-8-10-17)13-4-2-6-16-14(13)5-1/h1,3,5,15-16H,2,4,6-11H2. The van der Waals surface area contributed by atoms with Gasteiger partial charge in [-0.1, -0.05) is 12.1 Å². The first kappa shape index (κ1) is 11.1. The van der Waals surface area contributed by atoms with Gasteiger partial charge >= 0.3 is 0 Å². The minimum atomic E-state index is 1.12. The van der Waals surface area contributed by atoms with Gasteiger partial charge in [0.15, 0.2) is 0 Å². The fraction of sp³-hybridized carbons (Fsp3) is 0.571. The molecule has 1 aromatic carbocycles. The highest BCUT2D eigenvalue weighted by atomic mass is 15.2. The van der Waals surface area contributed by atoms with Crippen LogP contribution in [0.4, 0.5) is 5.69 Å². The summed E-state index contributed by atoms with van der Waals surface area (Å²) >= 11 is 0. The topological polar surface area (TPSA) is 27.3 Å². The highest BCUT2D eigenvalue weighted by Crippen LogP contribution is 2.26. The summed E-state index contributed by atoms with van der Waals surface area (Å²) in [7, 11) is 0. The van der Waals surface area contributed by atoms with Crippen molar-refractivity contribution in [2.24, 2.45) is 0 Å². The third kappa shape index (κ3) is 2.45. The number of nitrogens with zero attached hydrogens (tertiary/aromatic N) is 1. The quantitative estimate of drug-likeness (QED) is 0.807. The van der Waals surface area contributed by atoms with E-state index >= 15 is 0 Å². The van der Waals surface area contributed by atoms with E-state index in [9.17, 15) is 0 Å². The molecule has 1 aromatic rings. The van der Waals surface area contributed by atoms with Crippen molar-refractivity contribution in [1.29, 1.82) is 0 Å². The molecule has 1 fully saturated rings. The van der Waals surface area contributed by atoms with E-state index in [4.69, 9.17) is 0 Å². The van der Waals surface area contributed by atoms with Crippen LogP contribution in [0.5, 0.6) is 0 Å². The number of fused-ring (bicyclic) bond motifs is 1. The summed E-state index contributed by atoms with van der Waals surface area (Å²) in [5.41, 5.74) is 4.44. The molecule has 2 N–H and O–H groups in total. The Morgan fingerprint density at radius 2 is 2.00 bits per heavy atom. The van der Waals surface area contributed by atoms with Crippen molar-refractivity contribution < 1.29 is 0 Å². The number of anilines is 1. The van der Waals surface area contributed by atoms with Gasteiger partial charge in [0.2, 0.25) is 0 Å². The Hall–Kier alpha value is -1.06. The smallest absolute Gasteiger partial charge is 0.0375 e. The van der Waals surface area contributed by atoms with Crippen LogP contribution in [0.1, 0.15) is 17.5 Å². The molecule has 2 aliphatic rings. The maximum absolute atomic E-state index is 3.51. The van der Waals surface area contributed by atoms with Gasteiger partial charge < -0.3 is 10.6 Å².